The summed E-state index contributed by atoms with van der Waals surface area (Å²) in [6.45, 7) is 2.72. The molecular formula is C2H2FNi. The van der Waals surface area contributed by atoms with E-state index in [9.17, 15) is 4.39 Å². The van der Waals surface area contributed by atoms with Gasteiger partial charge in [-0.3, -0.25) is 0 Å². The first-order valence-electron chi connectivity index (χ1n) is 0.701. The third-order valence-corrected chi connectivity index (χ3v) is 0. The van der Waals surface area contributed by atoms with E-state index in [0.29, 0.717) is 0 Å². The molecule has 4 heavy (non-hydrogen) atoms. The molecule has 0 unspecified atom stereocenters. The summed E-state index contributed by atoms with van der Waals surface area (Å²) in [7, 11) is 0. The van der Waals surface area contributed by atoms with Crippen LogP contribution in [0.1, 0.15) is 0 Å². The zero-order chi connectivity index (χ0) is 3.58. The predicted molar refractivity (Wildman–Crippen MR) is 10.2 cm³/mol. The molecule has 0 amide bonds. The summed E-state index contributed by atoms with van der Waals surface area (Å²) in [5, 5.41) is 0. The van der Waals surface area contributed by atoms with Crippen molar-refractivity contribution >= 4 is 0 Å². The van der Waals surface area contributed by atoms with Crippen molar-refractivity contribution in [1.29, 1.82) is 0 Å². The van der Waals surface area contributed by atoms with E-state index in [1.165, 1.54) is 0 Å². The summed E-state index contributed by atoms with van der Waals surface area (Å²) in [6.07, 6.45) is 0. The molecule has 0 nitrogen and oxygen atoms in total. The molecule has 0 aliphatic rings. The van der Waals surface area contributed by atoms with Gasteiger partial charge in [-0.15, -0.1) is 0 Å². The average Bonchev–Trinajstić information content (AvgIpc) is 0.811. The maximum absolute atomic E-state index is 10.6. The van der Waals surface area contributed by atoms with Gasteiger partial charge in [-0.1, -0.05) is 0 Å². The second-order valence-corrected chi connectivity index (χ2v) is 0.841. The van der Waals surface area contributed by atoms with Crippen LogP contribution in [0.4, 0.5) is 4.39 Å². The monoisotopic (exact) mass is 103 g/mol. The van der Waals surface area contributed by atoms with E-state index in [0.717, 1.165) is 0 Å². The number of hydrogen-bond donors (Lipinski definition) is 0. The van der Waals surface area contributed by atoms with Crippen molar-refractivity contribution in [3.05, 3.63) is 11.4 Å². The second-order valence-electron chi connectivity index (χ2n) is 0.305. The fraction of sp³-hybridized carbons (Fsp3) is 0. The zero-order valence-corrected chi connectivity index (χ0v) is 2.89. The van der Waals surface area contributed by atoms with Gasteiger partial charge < -0.3 is 0 Å². The van der Waals surface area contributed by atoms with Crippen molar-refractivity contribution in [2.24, 2.45) is 0 Å². The first kappa shape index (κ1) is 4.16. The van der Waals surface area contributed by atoms with Gasteiger partial charge in [0.25, 0.3) is 0 Å². The van der Waals surface area contributed by atoms with Crippen LogP contribution in [0, 0.1) is 0 Å². The first-order chi connectivity index (χ1) is 1.73. The zero-order valence-electron chi connectivity index (χ0n) is 1.90. The Balaban J connectivity index is 2.80. The number of rotatable bonds is 0. The first-order valence-corrected chi connectivity index (χ1v) is 1.19. The quantitative estimate of drug-likeness (QED) is 0.401. The molecule has 0 aromatic rings. The van der Waals surface area contributed by atoms with Crippen molar-refractivity contribution < 1.29 is 19.9 Å². The van der Waals surface area contributed by atoms with Crippen molar-refractivity contribution in [2.75, 3.05) is 0 Å². The normalized spacial score (nSPS) is 6.75. The standard InChI is InChI=1S/C2H2F.Ni/c1-2-3;/h1H2;. The topological polar surface area (TPSA) is 0 Å². The summed E-state index contributed by atoms with van der Waals surface area (Å²) in [5.41, 5.74) is 0. The Kier molecular flexibility index (Phi) is 1.54. The molecule has 0 saturated carbocycles. The molecule has 0 aromatic carbocycles. The van der Waals surface area contributed by atoms with Crippen LogP contribution in [-0.4, -0.2) is 0 Å². The Morgan fingerprint density at radius 1 is 2.00 bits per heavy atom. The van der Waals surface area contributed by atoms with E-state index in [2.05, 4.69) is 22.0 Å². The van der Waals surface area contributed by atoms with Crippen LogP contribution in [0.3, 0.4) is 0 Å². The summed E-state index contributed by atoms with van der Waals surface area (Å²) in [4.78, 5) is -0.708. The number of hydrogen-bond acceptors (Lipinski definition) is 0. The van der Waals surface area contributed by atoms with Gasteiger partial charge in [-0.05, 0) is 0 Å². The van der Waals surface area contributed by atoms with Crippen LogP contribution in [0.5, 0.6) is 0 Å². The SMILES string of the molecule is C=[C](F)[Ni]. The fourth-order valence-corrected chi connectivity index (χ4v) is 0. The molecule has 0 radical (unpaired) electrons. The van der Waals surface area contributed by atoms with E-state index < -0.39 is 4.80 Å². The van der Waals surface area contributed by atoms with Crippen molar-refractivity contribution in [3.8, 4) is 0 Å². The average molecular weight is 104 g/mol. The maximum atomic E-state index is 10.6. The van der Waals surface area contributed by atoms with Gasteiger partial charge in [0.15, 0.2) is 0 Å². The van der Waals surface area contributed by atoms with Crippen molar-refractivity contribution in [1.82, 2.24) is 0 Å². The Hall–Kier alpha value is 0.164. The van der Waals surface area contributed by atoms with Crippen LogP contribution < -0.4 is 0 Å². The molecule has 0 aliphatic heterocycles. The number of halogens is 1. The minimum atomic E-state index is -0.708. The summed E-state index contributed by atoms with van der Waals surface area (Å²) >= 11 is 3.51. The molecule has 0 N–H and O–H groups in total. The van der Waals surface area contributed by atoms with E-state index in [1.54, 1.807) is 0 Å². The summed E-state index contributed by atoms with van der Waals surface area (Å²) in [5.74, 6) is 0. The van der Waals surface area contributed by atoms with Crippen LogP contribution >= 0.6 is 0 Å². The minimum absolute atomic E-state index is 0.708. The third kappa shape index (κ3) is 110. The molecule has 0 aliphatic carbocycles. The molecule has 0 fully saturated rings. The van der Waals surface area contributed by atoms with Crippen molar-refractivity contribution in [2.45, 2.75) is 0 Å². The van der Waals surface area contributed by atoms with Gasteiger partial charge in [-0.25, -0.2) is 0 Å². The van der Waals surface area contributed by atoms with Gasteiger partial charge >= 0.3 is 31.2 Å². The van der Waals surface area contributed by atoms with Crippen LogP contribution in [0.25, 0.3) is 0 Å². The predicted octanol–water partition coefficient (Wildman–Crippen LogP) is 0.974. The third-order valence-electron chi connectivity index (χ3n) is 0. The van der Waals surface area contributed by atoms with Gasteiger partial charge in [0.2, 0.25) is 0 Å². The molecule has 0 atom stereocenters. The second kappa shape index (κ2) is 1.48. The fourth-order valence-electron chi connectivity index (χ4n) is 0. The Morgan fingerprint density at radius 2 is 2.00 bits per heavy atom. The molecule has 0 spiro atoms. The molecule has 2 heteroatoms. The Labute approximate surface area is 32.1 Å². The molecule has 27 valence electrons. The molecule has 0 heterocycles. The summed E-state index contributed by atoms with van der Waals surface area (Å²) in [6, 6.07) is 0. The summed E-state index contributed by atoms with van der Waals surface area (Å²) < 4.78 is 10.6. The molecule has 0 bridgehead atoms. The van der Waals surface area contributed by atoms with E-state index in [-0.39, 0.29) is 0 Å². The van der Waals surface area contributed by atoms with Crippen LogP contribution in [-0.2, 0) is 15.5 Å². The van der Waals surface area contributed by atoms with Gasteiger partial charge in [0.05, 0.1) is 0 Å². The van der Waals surface area contributed by atoms with E-state index >= 15 is 0 Å². The van der Waals surface area contributed by atoms with E-state index in [1.807, 2.05) is 0 Å². The van der Waals surface area contributed by atoms with Crippen LogP contribution in [0.15, 0.2) is 11.4 Å². The van der Waals surface area contributed by atoms with Gasteiger partial charge in [0, 0.05) is 0 Å². The molecule has 0 saturated heterocycles. The molecule has 0 aromatic heterocycles. The van der Waals surface area contributed by atoms with Crippen molar-refractivity contribution in [3.63, 3.8) is 0 Å². The van der Waals surface area contributed by atoms with Crippen LogP contribution in [0.2, 0.25) is 0 Å². The Bertz CT molecular complexity index is 29.0. The molecular weight excluding hydrogens is 102 g/mol. The van der Waals surface area contributed by atoms with E-state index in [4.69, 9.17) is 0 Å². The Morgan fingerprint density at radius 3 is 2.00 bits per heavy atom. The van der Waals surface area contributed by atoms with Gasteiger partial charge in [-0.2, -0.15) is 0 Å². The molecule has 0 rings (SSSR count). The van der Waals surface area contributed by atoms with Gasteiger partial charge in [0.1, 0.15) is 0 Å².